The summed E-state index contributed by atoms with van der Waals surface area (Å²) in [5, 5.41) is 3.30. The van der Waals surface area contributed by atoms with Crippen molar-refractivity contribution in [3.05, 3.63) is 0 Å². The number of rotatable bonds is 1. The smallest absolute Gasteiger partial charge is 0.150 e. The second kappa shape index (κ2) is 5.48. The lowest BCUT2D eigenvalue weighted by atomic mass is 10.00. The lowest BCUT2D eigenvalue weighted by Gasteiger charge is -2.33. The monoisotopic (exact) mass is 255 g/mol. The van der Waals surface area contributed by atoms with Crippen LogP contribution < -0.4 is 5.32 Å². The highest BCUT2D eigenvalue weighted by atomic mass is 35.5. The van der Waals surface area contributed by atoms with Crippen molar-refractivity contribution in [2.75, 3.05) is 24.7 Å². The maximum atomic E-state index is 11.2. The quantitative estimate of drug-likeness (QED) is 0.744. The van der Waals surface area contributed by atoms with Crippen molar-refractivity contribution >= 4 is 22.2 Å². The Morgan fingerprint density at radius 3 is 2.40 bits per heavy atom. The molecule has 2 heterocycles. The number of halogens is 1. The normalized spacial score (nSPS) is 31.9. The van der Waals surface area contributed by atoms with E-state index < -0.39 is 9.84 Å². The molecular weight excluding hydrogens is 238 g/mol. The fourth-order valence-electron chi connectivity index (χ4n) is 2.10. The van der Waals surface area contributed by atoms with Gasteiger partial charge in [-0.2, -0.15) is 0 Å². The Labute approximate surface area is 97.1 Å². The topological polar surface area (TPSA) is 55.4 Å². The van der Waals surface area contributed by atoms with E-state index >= 15 is 0 Å². The summed E-state index contributed by atoms with van der Waals surface area (Å²) in [6.45, 7) is 1.80. The van der Waals surface area contributed by atoms with E-state index in [1.807, 2.05) is 0 Å². The third-order valence-electron chi connectivity index (χ3n) is 2.99. The first-order valence-corrected chi connectivity index (χ1v) is 7.05. The highest BCUT2D eigenvalue weighted by molar-refractivity contribution is 7.91. The van der Waals surface area contributed by atoms with Gasteiger partial charge in [0.25, 0.3) is 0 Å². The highest BCUT2D eigenvalue weighted by Gasteiger charge is 2.30. The molecule has 1 N–H and O–H groups in total. The van der Waals surface area contributed by atoms with Gasteiger partial charge in [0.1, 0.15) is 16.1 Å². The Hall–Kier alpha value is 0.160. The summed E-state index contributed by atoms with van der Waals surface area (Å²) in [5.74, 6) is 1.05. The summed E-state index contributed by atoms with van der Waals surface area (Å²) in [6.07, 6.45) is 2.65. The molecule has 0 bridgehead atoms. The number of ether oxygens (including phenoxy) is 1. The fraction of sp³-hybridized carbons (Fsp3) is 1.00. The molecule has 2 rings (SSSR count). The Balaban J connectivity index is 0.00000112. The van der Waals surface area contributed by atoms with Crippen LogP contribution in [0.2, 0.25) is 0 Å². The van der Waals surface area contributed by atoms with Crippen molar-refractivity contribution in [1.82, 2.24) is 5.32 Å². The molecule has 4 nitrogen and oxygen atoms in total. The molecule has 90 valence electrons. The van der Waals surface area contributed by atoms with E-state index in [-0.39, 0.29) is 18.6 Å². The third-order valence-corrected chi connectivity index (χ3v) is 4.71. The summed E-state index contributed by atoms with van der Waals surface area (Å²) in [4.78, 5) is 0. The van der Waals surface area contributed by atoms with E-state index in [9.17, 15) is 8.42 Å². The van der Waals surface area contributed by atoms with Gasteiger partial charge in [-0.05, 0) is 25.8 Å². The fourth-order valence-corrected chi connectivity index (χ4v) is 3.63. The van der Waals surface area contributed by atoms with Crippen LogP contribution in [0.5, 0.6) is 0 Å². The lowest BCUT2D eigenvalue weighted by molar-refractivity contribution is -0.0381. The Morgan fingerprint density at radius 2 is 1.87 bits per heavy atom. The van der Waals surface area contributed by atoms with Crippen LogP contribution in [0.3, 0.4) is 0 Å². The minimum Gasteiger partial charge on any atom is -0.363 e. The Bertz CT molecular complexity index is 274. The first-order valence-electron chi connectivity index (χ1n) is 5.23. The van der Waals surface area contributed by atoms with Crippen LogP contribution in [0.25, 0.3) is 0 Å². The molecule has 2 aliphatic heterocycles. The summed E-state index contributed by atoms with van der Waals surface area (Å²) in [6, 6.07) is 0. The van der Waals surface area contributed by atoms with Crippen LogP contribution in [0.4, 0.5) is 0 Å². The highest BCUT2D eigenvalue weighted by Crippen LogP contribution is 2.23. The largest absolute Gasteiger partial charge is 0.363 e. The molecule has 0 amide bonds. The maximum absolute atomic E-state index is 11.2. The van der Waals surface area contributed by atoms with Crippen molar-refractivity contribution in [1.29, 1.82) is 0 Å². The first kappa shape index (κ1) is 13.2. The molecular formula is C9H18ClNO3S. The van der Waals surface area contributed by atoms with Crippen LogP contribution >= 0.6 is 12.4 Å². The molecule has 1 unspecified atom stereocenters. The molecule has 6 heteroatoms. The minimum atomic E-state index is -2.74. The molecule has 0 aromatic rings. The zero-order chi connectivity index (χ0) is 10.0. The summed E-state index contributed by atoms with van der Waals surface area (Å²) in [7, 11) is -2.74. The van der Waals surface area contributed by atoms with Crippen LogP contribution in [-0.4, -0.2) is 39.3 Å². The van der Waals surface area contributed by atoms with Crippen molar-refractivity contribution in [3.8, 4) is 0 Å². The molecule has 0 aromatic heterocycles. The van der Waals surface area contributed by atoms with Gasteiger partial charge in [-0.25, -0.2) is 8.42 Å². The second-order valence-electron chi connectivity index (χ2n) is 4.09. The number of hydrogen-bond donors (Lipinski definition) is 1. The van der Waals surface area contributed by atoms with E-state index in [1.165, 1.54) is 0 Å². The van der Waals surface area contributed by atoms with Gasteiger partial charge in [-0.1, -0.05) is 0 Å². The van der Waals surface area contributed by atoms with Crippen molar-refractivity contribution < 1.29 is 13.2 Å². The van der Waals surface area contributed by atoms with Crippen LogP contribution in [-0.2, 0) is 14.6 Å². The molecule has 2 saturated heterocycles. The van der Waals surface area contributed by atoms with E-state index in [2.05, 4.69) is 5.32 Å². The van der Waals surface area contributed by atoms with E-state index in [0.29, 0.717) is 17.4 Å². The SMILES string of the molecule is Cl.O=S1(=O)CCC(C2NCCCO2)CC1. The molecule has 0 saturated carbocycles. The van der Waals surface area contributed by atoms with Crippen LogP contribution in [0.15, 0.2) is 0 Å². The van der Waals surface area contributed by atoms with Gasteiger partial charge >= 0.3 is 0 Å². The van der Waals surface area contributed by atoms with Crippen molar-refractivity contribution in [2.24, 2.45) is 5.92 Å². The van der Waals surface area contributed by atoms with E-state index in [0.717, 1.165) is 32.4 Å². The summed E-state index contributed by atoms with van der Waals surface area (Å²) < 4.78 is 28.0. The zero-order valence-corrected chi connectivity index (χ0v) is 10.3. The standard InChI is InChI=1S/C9H17NO3S.ClH/c11-14(12)6-2-8(3-7-14)9-10-4-1-5-13-9;/h8-10H,1-7H2;1H. The van der Waals surface area contributed by atoms with Crippen LogP contribution in [0, 0.1) is 5.92 Å². The van der Waals surface area contributed by atoms with Crippen molar-refractivity contribution in [2.45, 2.75) is 25.5 Å². The molecule has 0 radical (unpaired) electrons. The Kier molecular flexibility index (Phi) is 4.83. The van der Waals surface area contributed by atoms with E-state index in [1.54, 1.807) is 0 Å². The predicted molar refractivity (Wildman–Crippen MR) is 61.0 cm³/mol. The summed E-state index contributed by atoms with van der Waals surface area (Å²) >= 11 is 0. The lowest BCUT2D eigenvalue weighted by Crippen LogP contribution is -2.45. The number of hydrogen-bond acceptors (Lipinski definition) is 4. The third kappa shape index (κ3) is 3.59. The first-order chi connectivity index (χ1) is 6.67. The van der Waals surface area contributed by atoms with Crippen molar-refractivity contribution in [3.63, 3.8) is 0 Å². The second-order valence-corrected chi connectivity index (χ2v) is 6.39. The predicted octanol–water partition coefficient (Wildman–Crippen LogP) is 0.569. The molecule has 15 heavy (non-hydrogen) atoms. The van der Waals surface area contributed by atoms with Crippen LogP contribution in [0.1, 0.15) is 19.3 Å². The van der Waals surface area contributed by atoms with Gasteiger partial charge in [-0.3, -0.25) is 5.32 Å². The Morgan fingerprint density at radius 1 is 1.20 bits per heavy atom. The summed E-state index contributed by atoms with van der Waals surface area (Å²) in [5.41, 5.74) is 0. The molecule has 0 spiro atoms. The van der Waals surface area contributed by atoms with Gasteiger partial charge in [0.15, 0.2) is 0 Å². The average Bonchev–Trinajstić information content (AvgIpc) is 2.19. The maximum Gasteiger partial charge on any atom is 0.150 e. The molecule has 2 fully saturated rings. The zero-order valence-electron chi connectivity index (χ0n) is 8.65. The van der Waals surface area contributed by atoms with Gasteiger partial charge in [-0.15, -0.1) is 12.4 Å². The molecule has 0 aromatic carbocycles. The van der Waals surface area contributed by atoms with E-state index in [4.69, 9.17) is 4.74 Å². The minimum absolute atomic E-state index is 0. The number of nitrogens with one attached hydrogen (secondary N) is 1. The molecule has 0 aliphatic carbocycles. The van der Waals surface area contributed by atoms with Gasteiger partial charge in [0.05, 0.1) is 11.5 Å². The van der Waals surface area contributed by atoms with Gasteiger partial charge in [0.2, 0.25) is 0 Å². The average molecular weight is 256 g/mol. The van der Waals surface area contributed by atoms with Gasteiger partial charge < -0.3 is 4.74 Å². The van der Waals surface area contributed by atoms with Gasteiger partial charge in [0, 0.05) is 12.5 Å². The number of sulfone groups is 1. The molecule has 1 atom stereocenters. The molecule has 2 aliphatic rings.